The first-order chi connectivity index (χ1) is 14.1. The molecule has 0 spiro atoms. The number of hydrogen-bond acceptors (Lipinski definition) is 5. The molecule has 0 aliphatic carbocycles. The van der Waals surface area contributed by atoms with Gasteiger partial charge in [0.2, 0.25) is 0 Å². The largest absolute Gasteiger partial charge is 0.497 e. The molecule has 0 saturated carbocycles. The number of aromatic carboxylic acids is 1. The zero-order chi connectivity index (χ0) is 20.6. The van der Waals surface area contributed by atoms with Gasteiger partial charge in [-0.25, -0.2) is 10.2 Å². The molecular weight excluding hydrogens is 374 g/mol. The van der Waals surface area contributed by atoms with Crippen LogP contribution in [0.2, 0.25) is 0 Å². The summed E-state index contributed by atoms with van der Waals surface area (Å²) in [6, 6.07) is 17.0. The van der Waals surface area contributed by atoms with Gasteiger partial charge in [0.15, 0.2) is 6.61 Å². The Kier molecular flexibility index (Phi) is 6.26. The molecule has 1 heterocycles. The van der Waals surface area contributed by atoms with E-state index in [2.05, 4.69) is 10.5 Å². The van der Waals surface area contributed by atoms with Crippen molar-refractivity contribution in [1.82, 2.24) is 9.99 Å². The van der Waals surface area contributed by atoms with Crippen LogP contribution in [0.5, 0.6) is 11.5 Å². The standard InChI is InChI=1S/C21H19N3O5/c1-28-18-7-9-19(10-8-18)29-14-20(25)23-22-13-17-6-3-11-24(17)16-5-2-4-15(12-16)21(26)27/h2-13H,14H2,1H3,(H,23,25)(H,26,27)/b22-13+. The summed E-state index contributed by atoms with van der Waals surface area (Å²) in [4.78, 5) is 23.0. The van der Waals surface area contributed by atoms with Crippen molar-refractivity contribution < 1.29 is 24.2 Å². The average Bonchev–Trinajstić information content (AvgIpc) is 3.21. The number of carbonyl (C=O) groups is 2. The fourth-order valence-electron chi connectivity index (χ4n) is 2.55. The second-order valence-corrected chi connectivity index (χ2v) is 5.92. The maximum absolute atomic E-state index is 11.9. The van der Waals surface area contributed by atoms with Gasteiger partial charge in [0, 0.05) is 11.9 Å². The first-order valence-corrected chi connectivity index (χ1v) is 8.66. The third-order valence-corrected chi connectivity index (χ3v) is 3.97. The molecule has 0 fully saturated rings. The van der Waals surface area contributed by atoms with Gasteiger partial charge in [-0.05, 0) is 54.6 Å². The Hall–Kier alpha value is -4.07. The van der Waals surface area contributed by atoms with Gasteiger partial charge in [0.05, 0.1) is 24.6 Å². The predicted molar refractivity (Wildman–Crippen MR) is 107 cm³/mol. The zero-order valence-corrected chi connectivity index (χ0v) is 15.6. The number of methoxy groups -OCH3 is 1. The first kappa shape index (κ1) is 19.7. The van der Waals surface area contributed by atoms with E-state index < -0.39 is 11.9 Å². The maximum Gasteiger partial charge on any atom is 0.335 e. The number of hydrazone groups is 1. The van der Waals surface area contributed by atoms with Crippen LogP contribution in [0, 0.1) is 0 Å². The monoisotopic (exact) mass is 393 g/mol. The van der Waals surface area contributed by atoms with E-state index in [1.165, 1.54) is 12.3 Å². The van der Waals surface area contributed by atoms with E-state index in [9.17, 15) is 9.59 Å². The van der Waals surface area contributed by atoms with Crippen molar-refractivity contribution >= 4 is 18.1 Å². The third kappa shape index (κ3) is 5.23. The van der Waals surface area contributed by atoms with Crippen molar-refractivity contribution in [1.29, 1.82) is 0 Å². The van der Waals surface area contributed by atoms with E-state index in [-0.39, 0.29) is 12.2 Å². The Morgan fingerprint density at radius 2 is 1.86 bits per heavy atom. The minimum Gasteiger partial charge on any atom is -0.497 e. The summed E-state index contributed by atoms with van der Waals surface area (Å²) >= 11 is 0. The number of carbonyl (C=O) groups excluding carboxylic acids is 1. The van der Waals surface area contributed by atoms with Crippen molar-refractivity contribution in [3.05, 3.63) is 78.1 Å². The van der Waals surface area contributed by atoms with E-state index in [4.69, 9.17) is 14.6 Å². The van der Waals surface area contributed by atoms with Crippen LogP contribution >= 0.6 is 0 Å². The quantitative estimate of drug-likeness (QED) is 0.453. The Morgan fingerprint density at radius 1 is 1.10 bits per heavy atom. The molecule has 0 unspecified atom stereocenters. The van der Waals surface area contributed by atoms with Crippen LogP contribution in [-0.2, 0) is 4.79 Å². The Balaban J connectivity index is 1.58. The van der Waals surface area contributed by atoms with Gasteiger partial charge in [-0.1, -0.05) is 6.07 Å². The summed E-state index contributed by atoms with van der Waals surface area (Å²) < 4.78 is 12.2. The van der Waals surface area contributed by atoms with Crippen molar-refractivity contribution in [2.24, 2.45) is 5.10 Å². The number of ether oxygens (including phenoxy) is 2. The highest BCUT2D eigenvalue weighted by molar-refractivity contribution is 5.88. The van der Waals surface area contributed by atoms with Gasteiger partial charge in [-0.15, -0.1) is 0 Å². The third-order valence-electron chi connectivity index (χ3n) is 3.97. The predicted octanol–water partition coefficient (Wildman–Crippen LogP) is 2.71. The number of nitrogens with one attached hydrogen (secondary N) is 1. The number of aromatic nitrogens is 1. The molecule has 1 aromatic heterocycles. The van der Waals surface area contributed by atoms with Crippen molar-refractivity contribution in [2.45, 2.75) is 0 Å². The molecule has 0 atom stereocenters. The summed E-state index contributed by atoms with van der Waals surface area (Å²) in [5.41, 5.74) is 3.92. The molecule has 2 aromatic carbocycles. The number of carboxylic acid groups (broad SMARTS) is 1. The lowest BCUT2D eigenvalue weighted by atomic mass is 10.2. The number of rotatable bonds is 8. The van der Waals surface area contributed by atoms with E-state index in [0.717, 1.165) is 0 Å². The highest BCUT2D eigenvalue weighted by atomic mass is 16.5. The molecule has 148 valence electrons. The molecule has 8 heteroatoms. The van der Waals surface area contributed by atoms with E-state index >= 15 is 0 Å². The minimum absolute atomic E-state index is 0.183. The number of hydrogen-bond donors (Lipinski definition) is 2. The Bertz CT molecular complexity index is 1020. The summed E-state index contributed by atoms with van der Waals surface area (Å²) in [5, 5.41) is 13.1. The maximum atomic E-state index is 11.9. The van der Waals surface area contributed by atoms with Gasteiger partial charge < -0.3 is 19.1 Å². The summed E-state index contributed by atoms with van der Waals surface area (Å²) in [6.45, 7) is -0.189. The second-order valence-electron chi connectivity index (χ2n) is 5.92. The number of carboxylic acids is 1. The van der Waals surface area contributed by atoms with Crippen LogP contribution < -0.4 is 14.9 Å². The molecule has 8 nitrogen and oxygen atoms in total. The second kappa shape index (κ2) is 9.23. The van der Waals surface area contributed by atoms with Gasteiger partial charge in [-0.2, -0.15) is 5.10 Å². The van der Waals surface area contributed by atoms with Gasteiger partial charge in [-0.3, -0.25) is 4.79 Å². The molecule has 0 bridgehead atoms. The molecule has 29 heavy (non-hydrogen) atoms. The van der Waals surface area contributed by atoms with Gasteiger partial charge in [0.1, 0.15) is 11.5 Å². The van der Waals surface area contributed by atoms with Crippen LogP contribution in [0.25, 0.3) is 5.69 Å². The van der Waals surface area contributed by atoms with Crippen LogP contribution in [0.15, 0.2) is 72.0 Å². The molecular formula is C21H19N3O5. The van der Waals surface area contributed by atoms with Gasteiger partial charge in [0.25, 0.3) is 5.91 Å². The van der Waals surface area contributed by atoms with Gasteiger partial charge >= 0.3 is 5.97 Å². The Labute approximate surface area is 167 Å². The molecule has 0 aliphatic heterocycles. The molecule has 1 amide bonds. The molecule has 0 radical (unpaired) electrons. The van der Waals surface area contributed by atoms with Crippen LogP contribution in [0.4, 0.5) is 0 Å². The van der Waals surface area contributed by atoms with E-state index in [1.54, 1.807) is 72.5 Å². The van der Waals surface area contributed by atoms with Crippen molar-refractivity contribution in [3.8, 4) is 17.2 Å². The van der Waals surface area contributed by atoms with Crippen LogP contribution in [0.3, 0.4) is 0 Å². The van der Waals surface area contributed by atoms with Crippen LogP contribution in [0.1, 0.15) is 16.1 Å². The molecule has 0 aliphatic rings. The lowest BCUT2D eigenvalue weighted by Gasteiger charge is -2.07. The summed E-state index contributed by atoms with van der Waals surface area (Å²) in [7, 11) is 1.57. The fraction of sp³-hybridized carbons (Fsp3) is 0.0952. The zero-order valence-electron chi connectivity index (χ0n) is 15.6. The fourth-order valence-corrected chi connectivity index (χ4v) is 2.55. The smallest absolute Gasteiger partial charge is 0.335 e. The lowest BCUT2D eigenvalue weighted by molar-refractivity contribution is -0.123. The number of nitrogens with zero attached hydrogens (tertiary/aromatic N) is 2. The van der Waals surface area contributed by atoms with Crippen molar-refractivity contribution in [2.75, 3.05) is 13.7 Å². The SMILES string of the molecule is COc1ccc(OCC(=O)N/N=C/c2cccn2-c2cccc(C(=O)O)c2)cc1. The van der Waals surface area contributed by atoms with E-state index in [1.807, 2.05) is 0 Å². The van der Waals surface area contributed by atoms with E-state index in [0.29, 0.717) is 22.9 Å². The topological polar surface area (TPSA) is 102 Å². The summed E-state index contributed by atoms with van der Waals surface area (Å²) in [5.74, 6) is -0.179. The average molecular weight is 393 g/mol. The molecule has 2 N–H and O–H groups in total. The highest BCUT2D eigenvalue weighted by Gasteiger charge is 2.07. The summed E-state index contributed by atoms with van der Waals surface area (Å²) in [6.07, 6.45) is 3.25. The normalized spacial score (nSPS) is 10.7. The number of benzene rings is 2. The lowest BCUT2D eigenvalue weighted by Crippen LogP contribution is -2.24. The molecule has 0 saturated heterocycles. The van der Waals surface area contributed by atoms with Crippen molar-refractivity contribution in [3.63, 3.8) is 0 Å². The minimum atomic E-state index is -1.00. The molecule has 3 rings (SSSR count). The number of amides is 1. The first-order valence-electron chi connectivity index (χ1n) is 8.66. The van der Waals surface area contributed by atoms with Crippen LogP contribution in [-0.4, -0.2) is 41.5 Å². The molecule has 3 aromatic rings. The Morgan fingerprint density at radius 3 is 2.59 bits per heavy atom. The highest BCUT2D eigenvalue weighted by Crippen LogP contribution is 2.17.